The Morgan fingerprint density at radius 2 is 1.94 bits per heavy atom. The molecular weight excluding hydrogens is 214 g/mol. The molecule has 1 amide bonds. The molecule has 0 spiro atoms. The molecule has 0 aromatic heterocycles. The highest BCUT2D eigenvalue weighted by atomic mass is 16.6. The van der Waals surface area contributed by atoms with Crippen LogP contribution in [-0.2, 0) is 4.74 Å². The van der Waals surface area contributed by atoms with Crippen LogP contribution in [0.1, 0.15) is 66.2 Å². The molecule has 0 saturated heterocycles. The minimum Gasteiger partial charge on any atom is -0.444 e. The van der Waals surface area contributed by atoms with Gasteiger partial charge in [0.1, 0.15) is 5.60 Å². The molecule has 1 N–H and O–H groups in total. The number of alkyl carbamates (subject to hydrolysis) is 1. The molecule has 0 aliphatic rings. The average molecular weight is 242 g/mol. The second-order valence-corrected chi connectivity index (χ2v) is 5.48. The SMILES string of the molecule is [CH2]CC(CCCCCC)NC(=O)OC(C)(C)C. The van der Waals surface area contributed by atoms with E-state index in [9.17, 15) is 4.79 Å². The normalized spacial score (nSPS) is 13.2. The van der Waals surface area contributed by atoms with Crippen LogP contribution in [0, 0.1) is 6.92 Å². The first-order valence-electron chi connectivity index (χ1n) is 6.67. The molecule has 3 heteroatoms. The Bertz CT molecular complexity index is 209. The molecule has 0 aromatic rings. The summed E-state index contributed by atoms with van der Waals surface area (Å²) in [4.78, 5) is 11.6. The summed E-state index contributed by atoms with van der Waals surface area (Å²) in [6, 6.07) is 0.140. The zero-order valence-electron chi connectivity index (χ0n) is 11.8. The summed E-state index contributed by atoms with van der Waals surface area (Å²) >= 11 is 0. The smallest absolute Gasteiger partial charge is 0.407 e. The molecule has 17 heavy (non-hydrogen) atoms. The van der Waals surface area contributed by atoms with Gasteiger partial charge >= 0.3 is 6.09 Å². The van der Waals surface area contributed by atoms with Gasteiger partial charge in [-0.3, -0.25) is 0 Å². The van der Waals surface area contributed by atoms with Gasteiger partial charge in [0.15, 0.2) is 0 Å². The molecule has 0 aromatic carbocycles. The first-order valence-corrected chi connectivity index (χ1v) is 6.67. The highest BCUT2D eigenvalue weighted by molar-refractivity contribution is 5.68. The van der Waals surface area contributed by atoms with E-state index >= 15 is 0 Å². The van der Waals surface area contributed by atoms with Crippen molar-refractivity contribution in [3.8, 4) is 0 Å². The van der Waals surface area contributed by atoms with Crippen LogP contribution >= 0.6 is 0 Å². The van der Waals surface area contributed by atoms with E-state index in [1.807, 2.05) is 20.8 Å². The molecule has 1 unspecified atom stereocenters. The summed E-state index contributed by atoms with van der Waals surface area (Å²) in [6.07, 6.45) is 6.23. The molecule has 0 saturated carbocycles. The van der Waals surface area contributed by atoms with Gasteiger partial charge in [-0.25, -0.2) is 4.79 Å². The van der Waals surface area contributed by atoms with E-state index in [0.717, 1.165) is 12.8 Å². The lowest BCUT2D eigenvalue weighted by Crippen LogP contribution is -2.38. The second kappa shape index (κ2) is 8.37. The van der Waals surface area contributed by atoms with Gasteiger partial charge in [-0.2, -0.15) is 0 Å². The van der Waals surface area contributed by atoms with Crippen LogP contribution in [0.2, 0.25) is 0 Å². The summed E-state index contributed by atoms with van der Waals surface area (Å²) in [7, 11) is 0. The number of ether oxygens (including phenoxy) is 1. The van der Waals surface area contributed by atoms with Gasteiger partial charge in [-0.1, -0.05) is 39.5 Å². The van der Waals surface area contributed by atoms with Crippen molar-refractivity contribution in [1.82, 2.24) is 5.32 Å². The molecule has 0 bridgehead atoms. The Labute approximate surface area is 106 Å². The van der Waals surface area contributed by atoms with Gasteiger partial charge in [0, 0.05) is 6.04 Å². The summed E-state index contributed by atoms with van der Waals surface area (Å²) in [6.45, 7) is 11.7. The number of unbranched alkanes of at least 4 members (excludes halogenated alkanes) is 3. The molecule has 1 atom stereocenters. The van der Waals surface area contributed by atoms with E-state index in [1.54, 1.807) is 0 Å². The summed E-state index contributed by atoms with van der Waals surface area (Å²) in [5.41, 5.74) is -0.433. The van der Waals surface area contributed by atoms with Crippen LogP contribution in [0.5, 0.6) is 0 Å². The Morgan fingerprint density at radius 1 is 1.29 bits per heavy atom. The standard InChI is InChI=1S/C14H28NO2/c1-6-8-9-10-11-12(7-2)15-13(16)17-14(3,4)5/h12H,2,6-11H2,1,3-5H3,(H,15,16). The third-order valence-electron chi connectivity index (χ3n) is 2.48. The van der Waals surface area contributed by atoms with Gasteiger partial charge in [0.25, 0.3) is 0 Å². The van der Waals surface area contributed by atoms with E-state index < -0.39 is 5.60 Å². The number of hydrogen-bond donors (Lipinski definition) is 1. The van der Waals surface area contributed by atoms with E-state index in [4.69, 9.17) is 4.74 Å². The molecule has 0 fully saturated rings. The van der Waals surface area contributed by atoms with E-state index in [-0.39, 0.29) is 12.1 Å². The number of carbonyl (C=O) groups excluding carboxylic acids is 1. The minimum absolute atomic E-state index is 0.140. The number of amides is 1. The molecule has 3 nitrogen and oxygen atoms in total. The average Bonchev–Trinajstić information content (AvgIpc) is 2.20. The van der Waals surface area contributed by atoms with Gasteiger partial charge in [0.2, 0.25) is 0 Å². The van der Waals surface area contributed by atoms with E-state index in [0.29, 0.717) is 6.42 Å². The lowest BCUT2D eigenvalue weighted by Gasteiger charge is -2.23. The van der Waals surface area contributed by atoms with Gasteiger partial charge in [0.05, 0.1) is 0 Å². The monoisotopic (exact) mass is 242 g/mol. The molecule has 101 valence electrons. The van der Waals surface area contributed by atoms with E-state index in [2.05, 4.69) is 19.2 Å². The summed E-state index contributed by atoms with van der Waals surface area (Å²) < 4.78 is 5.22. The van der Waals surface area contributed by atoms with Crippen molar-refractivity contribution < 1.29 is 9.53 Å². The molecular formula is C14H28NO2. The number of carbonyl (C=O) groups is 1. The molecule has 0 aliphatic heterocycles. The number of rotatable bonds is 7. The van der Waals surface area contributed by atoms with Crippen molar-refractivity contribution in [2.45, 2.75) is 77.9 Å². The first kappa shape index (κ1) is 16.3. The van der Waals surface area contributed by atoms with Crippen LogP contribution in [0.4, 0.5) is 4.79 Å². The third kappa shape index (κ3) is 10.2. The Kier molecular flexibility index (Phi) is 8.01. The Morgan fingerprint density at radius 3 is 2.41 bits per heavy atom. The molecule has 0 aliphatic carbocycles. The van der Waals surface area contributed by atoms with Crippen LogP contribution in [0.25, 0.3) is 0 Å². The van der Waals surface area contributed by atoms with Crippen LogP contribution < -0.4 is 5.32 Å². The lowest BCUT2D eigenvalue weighted by molar-refractivity contribution is 0.0501. The van der Waals surface area contributed by atoms with Crippen LogP contribution in [0.3, 0.4) is 0 Å². The van der Waals surface area contributed by atoms with Crippen molar-refractivity contribution in [3.63, 3.8) is 0 Å². The Balaban J connectivity index is 3.83. The van der Waals surface area contributed by atoms with Crippen LogP contribution in [-0.4, -0.2) is 17.7 Å². The van der Waals surface area contributed by atoms with Crippen molar-refractivity contribution in [3.05, 3.63) is 6.92 Å². The largest absolute Gasteiger partial charge is 0.444 e. The maximum atomic E-state index is 11.6. The fourth-order valence-electron chi connectivity index (χ4n) is 1.58. The van der Waals surface area contributed by atoms with Crippen molar-refractivity contribution in [1.29, 1.82) is 0 Å². The van der Waals surface area contributed by atoms with Gasteiger partial charge in [-0.05, 0) is 33.6 Å². The van der Waals surface area contributed by atoms with Gasteiger partial charge < -0.3 is 10.1 Å². The third-order valence-corrected chi connectivity index (χ3v) is 2.48. The predicted octanol–water partition coefficient (Wildman–Crippen LogP) is 4.07. The summed E-state index contributed by atoms with van der Waals surface area (Å²) in [5, 5.41) is 2.88. The maximum Gasteiger partial charge on any atom is 0.407 e. The number of nitrogens with one attached hydrogen (secondary N) is 1. The quantitative estimate of drug-likeness (QED) is 0.683. The fourth-order valence-corrected chi connectivity index (χ4v) is 1.58. The predicted molar refractivity (Wildman–Crippen MR) is 71.9 cm³/mol. The first-order chi connectivity index (χ1) is 7.89. The molecule has 0 heterocycles. The van der Waals surface area contributed by atoms with Gasteiger partial charge in [-0.15, -0.1) is 0 Å². The van der Waals surface area contributed by atoms with Crippen molar-refractivity contribution >= 4 is 6.09 Å². The van der Waals surface area contributed by atoms with Crippen molar-refractivity contribution in [2.75, 3.05) is 0 Å². The second-order valence-electron chi connectivity index (χ2n) is 5.48. The topological polar surface area (TPSA) is 38.3 Å². The Hall–Kier alpha value is -0.730. The molecule has 1 radical (unpaired) electrons. The number of hydrogen-bond acceptors (Lipinski definition) is 2. The maximum absolute atomic E-state index is 11.6. The lowest BCUT2D eigenvalue weighted by atomic mass is 10.1. The fraction of sp³-hybridized carbons (Fsp3) is 0.857. The zero-order valence-corrected chi connectivity index (χ0v) is 11.8. The molecule has 0 rings (SSSR count). The highest BCUT2D eigenvalue weighted by Crippen LogP contribution is 2.10. The zero-order chi connectivity index (χ0) is 13.3. The van der Waals surface area contributed by atoms with Crippen molar-refractivity contribution in [2.24, 2.45) is 0 Å². The summed E-state index contributed by atoms with van der Waals surface area (Å²) in [5.74, 6) is 0. The van der Waals surface area contributed by atoms with E-state index in [1.165, 1.54) is 19.3 Å². The van der Waals surface area contributed by atoms with Crippen LogP contribution in [0.15, 0.2) is 0 Å². The minimum atomic E-state index is -0.433. The highest BCUT2D eigenvalue weighted by Gasteiger charge is 2.18.